The van der Waals surface area contributed by atoms with Gasteiger partial charge in [0.15, 0.2) is 11.5 Å². The molecule has 0 saturated carbocycles. The van der Waals surface area contributed by atoms with E-state index in [1.54, 1.807) is 0 Å². The monoisotopic (exact) mass is 247 g/mol. The Morgan fingerprint density at radius 1 is 1.22 bits per heavy atom. The summed E-state index contributed by atoms with van der Waals surface area (Å²) >= 11 is 0. The van der Waals surface area contributed by atoms with Crippen LogP contribution in [-0.4, -0.2) is 36.7 Å². The minimum absolute atomic E-state index is 0.167. The summed E-state index contributed by atoms with van der Waals surface area (Å²) in [5, 5.41) is 0. The molecule has 3 nitrogen and oxygen atoms in total. The first-order chi connectivity index (χ1) is 8.83. The van der Waals surface area contributed by atoms with Gasteiger partial charge >= 0.3 is 0 Å². The van der Waals surface area contributed by atoms with Gasteiger partial charge in [-0.25, -0.2) is 0 Å². The molecule has 0 bridgehead atoms. The van der Waals surface area contributed by atoms with Crippen LogP contribution in [0.25, 0.3) is 0 Å². The predicted octanol–water partition coefficient (Wildman–Crippen LogP) is 2.70. The maximum atomic E-state index is 6.02. The van der Waals surface area contributed by atoms with Crippen LogP contribution in [-0.2, 0) is 0 Å². The molecule has 98 valence electrons. The number of hydrogen-bond donors (Lipinski definition) is 0. The average molecular weight is 247 g/mol. The second kappa shape index (κ2) is 5.19. The Labute approximate surface area is 109 Å². The van der Waals surface area contributed by atoms with Gasteiger partial charge in [-0.2, -0.15) is 0 Å². The fourth-order valence-corrected chi connectivity index (χ4v) is 2.84. The SMILES string of the molecule is CC1CCCCN1CC1COc2ccccc2O1. The van der Waals surface area contributed by atoms with Gasteiger partial charge in [0.25, 0.3) is 0 Å². The van der Waals surface area contributed by atoms with Crippen LogP contribution in [0.3, 0.4) is 0 Å². The summed E-state index contributed by atoms with van der Waals surface area (Å²) in [4.78, 5) is 2.53. The molecule has 3 rings (SSSR count). The second-order valence-electron chi connectivity index (χ2n) is 5.34. The Kier molecular flexibility index (Phi) is 3.41. The number of rotatable bonds is 2. The fourth-order valence-electron chi connectivity index (χ4n) is 2.84. The molecule has 0 radical (unpaired) electrons. The number of benzene rings is 1. The van der Waals surface area contributed by atoms with E-state index in [1.165, 1.54) is 25.8 Å². The van der Waals surface area contributed by atoms with Crippen molar-refractivity contribution < 1.29 is 9.47 Å². The maximum Gasteiger partial charge on any atom is 0.161 e. The molecule has 2 aliphatic heterocycles. The highest BCUT2D eigenvalue weighted by molar-refractivity contribution is 5.40. The van der Waals surface area contributed by atoms with Crippen molar-refractivity contribution in [2.24, 2.45) is 0 Å². The molecule has 0 aliphatic carbocycles. The van der Waals surface area contributed by atoms with Gasteiger partial charge in [-0.15, -0.1) is 0 Å². The summed E-state index contributed by atoms with van der Waals surface area (Å²) in [6.07, 6.45) is 4.15. The number of fused-ring (bicyclic) bond motifs is 1. The zero-order valence-corrected chi connectivity index (χ0v) is 11.0. The highest BCUT2D eigenvalue weighted by atomic mass is 16.6. The lowest BCUT2D eigenvalue weighted by Crippen LogP contribution is -2.46. The van der Waals surface area contributed by atoms with Crippen LogP contribution in [0.1, 0.15) is 26.2 Å². The van der Waals surface area contributed by atoms with Gasteiger partial charge in [-0.05, 0) is 38.4 Å². The molecule has 1 aromatic carbocycles. The van der Waals surface area contributed by atoms with Crippen molar-refractivity contribution in [3.8, 4) is 11.5 Å². The average Bonchev–Trinajstić information content (AvgIpc) is 2.41. The van der Waals surface area contributed by atoms with Gasteiger partial charge in [0.05, 0.1) is 0 Å². The van der Waals surface area contributed by atoms with E-state index in [-0.39, 0.29) is 6.10 Å². The normalized spacial score (nSPS) is 28.1. The van der Waals surface area contributed by atoms with Crippen molar-refractivity contribution in [2.45, 2.75) is 38.3 Å². The minimum atomic E-state index is 0.167. The number of ether oxygens (including phenoxy) is 2. The van der Waals surface area contributed by atoms with Gasteiger partial charge in [0, 0.05) is 12.6 Å². The summed E-state index contributed by atoms with van der Waals surface area (Å²) in [6, 6.07) is 8.61. The first-order valence-corrected chi connectivity index (χ1v) is 6.95. The van der Waals surface area contributed by atoms with Crippen LogP contribution in [0.4, 0.5) is 0 Å². The number of hydrogen-bond acceptors (Lipinski definition) is 3. The minimum Gasteiger partial charge on any atom is -0.486 e. The fraction of sp³-hybridized carbons (Fsp3) is 0.600. The Morgan fingerprint density at radius 3 is 2.89 bits per heavy atom. The maximum absolute atomic E-state index is 6.02. The Balaban J connectivity index is 1.62. The highest BCUT2D eigenvalue weighted by Crippen LogP contribution is 2.31. The van der Waals surface area contributed by atoms with Crippen molar-refractivity contribution in [1.82, 2.24) is 4.90 Å². The molecular weight excluding hydrogens is 226 g/mol. The lowest BCUT2D eigenvalue weighted by Gasteiger charge is -2.37. The van der Waals surface area contributed by atoms with Crippen LogP contribution >= 0.6 is 0 Å². The van der Waals surface area contributed by atoms with Gasteiger partial charge in [-0.3, -0.25) is 4.90 Å². The number of para-hydroxylation sites is 2. The summed E-state index contributed by atoms with van der Waals surface area (Å²) in [5.41, 5.74) is 0. The molecule has 0 N–H and O–H groups in total. The second-order valence-corrected chi connectivity index (χ2v) is 5.34. The van der Waals surface area contributed by atoms with Crippen LogP contribution in [0.5, 0.6) is 11.5 Å². The van der Waals surface area contributed by atoms with Crippen LogP contribution in [0, 0.1) is 0 Å². The van der Waals surface area contributed by atoms with E-state index in [0.29, 0.717) is 12.6 Å². The zero-order valence-electron chi connectivity index (χ0n) is 11.0. The summed E-state index contributed by atoms with van der Waals surface area (Å²) in [5.74, 6) is 1.76. The van der Waals surface area contributed by atoms with Crippen LogP contribution in [0.15, 0.2) is 24.3 Å². The Hall–Kier alpha value is -1.22. The number of piperidine rings is 1. The van der Waals surface area contributed by atoms with E-state index < -0.39 is 0 Å². The summed E-state index contributed by atoms with van der Waals surface area (Å²) < 4.78 is 11.8. The molecule has 1 fully saturated rings. The summed E-state index contributed by atoms with van der Waals surface area (Å²) in [7, 11) is 0. The van der Waals surface area contributed by atoms with Gasteiger partial charge in [-0.1, -0.05) is 18.6 Å². The standard InChI is InChI=1S/C15H21NO2/c1-12-6-4-5-9-16(12)10-13-11-17-14-7-2-3-8-15(14)18-13/h2-3,7-8,12-13H,4-6,9-11H2,1H3. The lowest BCUT2D eigenvalue weighted by atomic mass is 10.0. The smallest absolute Gasteiger partial charge is 0.161 e. The van der Waals surface area contributed by atoms with Crippen molar-refractivity contribution >= 4 is 0 Å². The molecule has 1 aromatic rings. The topological polar surface area (TPSA) is 21.7 Å². The van der Waals surface area contributed by atoms with Gasteiger partial charge in [0.2, 0.25) is 0 Å². The van der Waals surface area contributed by atoms with E-state index in [2.05, 4.69) is 11.8 Å². The van der Waals surface area contributed by atoms with E-state index >= 15 is 0 Å². The highest BCUT2D eigenvalue weighted by Gasteiger charge is 2.26. The largest absolute Gasteiger partial charge is 0.486 e. The molecule has 2 aliphatic rings. The third kappa shape index (κ3) is 2.46. The first-order valence-electron chi connectivity index (χ1n) is 6.95. The number of likely N-dealkylation sites (tertiary alicyclic amines) is 1. The van der Waals surface area contributed by atoms with Gasteiger partial charge in [0.1, 0.15) is 12.7 Å². The molecule has 1 saturated heterocycles. The van der Waals surface area contributed by atoms with E-state index in [9.17, 15) is 0 Å². The molecule has 2 heterocycles. The van der Waals surface area contributed by atoms with E-state index in [4.69, 9.17) is 9.47 Å². The number of nitrogens with zero attached hydrogens (tertiary/aromatic N) is 1. The van der Waals surface area contributed by atoms with E-state index in [1.807, 2.05) is 24.3 Å². The van der Waals surface area contributed by atoms with Crippen LogP contribution in [0.2, 0.25) is 0 Å². The van der Waals surface area contributed by atoms with Crippen molar-refractivity contribution in [3.63, 3.8) is 0 Å². The van der Waals surface area contributed by atoms with Crippen molar-refractivity contribution in [1.29, 1.82) is 0 Å². The molecule has 2 atom stereocenters. The first kappa shape index (κ1) is 11.8. The van der Waals surface area contributed by atoms with Crippen molar-refractivity contribution in [2.75, 3.05) is 19.7 Å². The zero-order chi connectivity index (χ0) is 12.4. The third-order valence-electron chi connectivity index (χ3n) is 3.95. The Bertz CT molecular complexity index is 407. The molecule has 0 amide bonds. The third-order valence-corrected chi connectivity index (χ3v) is 3.95. The molecule has 2 unspecified atom stereocenters. The molecular formula is C15H21NO2. The molecule has 0 aromatic heterocycles. The quantitative estimate of drug-likeness (QED) is 0.802. The van der Waals surface area contributed by atoms with Crippen LogP contribution < -0.4 is 9.47 Å². The summed E-state index contributed by atoms with van der Waals surface area (Å²) in [6.45, 7) is 5.16. The van der Waals surface area contributed by atoms with Gasteiger partial charge < -0.3 is 9.47 Å². The molecule has 3 heteroatoms. The predicted molar refractivity (Wildman–Crippen MR) is 71.2 cm³/mol. The Morgan fingerprint density at radius 2 is 2.06 bits per heavy atom. The molecule has 18 heavy (non-hydrogen) atoms. The lowest BCUT2D eigenvalue weighted by molar-refractivity contribution is 0.0379. The molecule has 0 spiro atoms. The van der Waals surface area contributed by atoms with Crippen molar-refractivity contribution in [3.05, 3.63) is 24.3 Å². The van der Waals surface area contributed by atoms with E-state index in [0.717, 1.165) is 18.0 Å².